The average molecular weight is 389 g/mol. The molecule has 150 valence electrons. The van der Waals surface area contributed by atoms with E-state index in [4.69, 9.17) is 20.9 Å². The third kappa shape index (κ3) is 6.15. The van der Waals surface area contributed by atoms with Gasteiger partial charge in [-0.3, -0.25) is 9.59 Å². The van der Waals surface area contributed by atoms with Crippen molar-refractivity contribution in [1.82, 2.24) is 5.32 Å². The van der Waals surface area contributed by atoms with Crippen LogP contribution < -0.4 is 26.3 Å². The fourth-order valence-electron chi connectivity index (χ4n) is 2.35. The Balaban J connectivity index is 1.69. The van der Waals surface area contributed by atoms with E-state index in [0.717, 1.165) is 0 Å². The van der Waals surface area contributed by atoms with Crippen LogP contribution in [0.4, 0.5) is 0 Å². The Hall–Kier alpha value is -3.30. The zero-order chi connectivity index (χ0) is 20.5. The van der Waals surface area contributed by atoms with Gasteiger partial charge in [0.25, 0.3) is 11.8 Å². The van der Waals surface area contributed by atoms with Crippen molar-refractivity contribution in [2.45, 2.75) is 6.10 Å². The number of aliphatic hydroxyl groups excluding tert-OH is 1. The van der Waals surface area contributed by atoms with Crippen molar-refractivity contribution >= 4 is 11.8 Å². The lowest BCUT2D eigenvalue weighted by atomic mass is 10.2. The molecule has 0 bridgehead atoms. The van der Waals surface area contributed by atoms with Gasteiger partial charge < -0.3 is 36.5 Å². The SMILES string of the molecule is NC(=O)c1cc(OCCNCC(O)COc2ccccc2C(N)=O)ccc1O. The molecule has 1 unspecified atom stereocenters. The van der Waals surface area contributed by atoms with Gasteiger partial charge in [0.1, 0.15) is 36.6 Å². The number of amides is 2. The zero-order valence-electron chi connectivity index (χ0n) is 15.1. The Labute approximate surface area is 161 Å². The number of hydrogen-bond acceptors (Lipinski definition) is 7. The van der Waals surface area contributed by atoms with Crippen LogP contribution >= 0.6 is 0 Å². The van der Waals surface area contributed by atoms with E-state index >= 15 is 0 Å². The van der Waals surface area contributed by atoms with Crippen LogP contribution in [-0.4, -0.2) is 54.4 Å². The number of carbonyl (C=O) groups excluding carboxylic acids is 2. The third-order valence-electron chi connectivity index (χ3n) is 3.74. The minimum Gasteiger partial charge on any atom is -0.507 e. The number of carbonyl (C=O) groups is 2. The van der Waals surface area contributed by atoms with Gasteiger partial charge in [-0.15, -0.1) is 0 Å². The van der Waals surface area contributed by atoms with Gasteiger partial charge in [-0.1, -0.05) is 12.1 Å². The second kappa shape index (κ2) is 10.1. The summed E-state index contributed by atoms with van der Waals surface area (Å²) in [5.41, 5.74) is 10.7. The maximum absolute atomic E-state index is 11.3. The molecule has 2 amide bonds. The van der Waals surface area contributed by atoms with Gasteiger partial charge >= 0.3 is 0 Å². The number of nitrogens with one attached hydrogen (secondary N) is 1. The van der Waals surface area contributed by atoms with Gasteiger partial charge in [0.2, 0.25) is 0 Å². The second-order valence-corrected chi connectivity index (χ2v) is 5.92. The van der Waals surface area contributed by atoms with Gasteiger partial charge in [-0.05, 0) is 30.3 Å². The van der Waals surface area contributed by atoms with Crippen molar-refractivity contribution in [3.05, 3.63) is 53.6 Å². The van der Waals surface area contributed by atoms with E-state index in [1.165, 1.54) is 18.2 Å². The molecule has 1 atom stereocenters. The Morgan fingerprint density at radius 2 is 1.75 bits per heavy atom. The molecule has 7 N–H and O–H groups in total. The van der Waals surface area contributed by atoms with E-state index in [1.807, 2.05) is 0 Å². The molecule has 0 heterocycles. The Bertz CT molecular complexity index is 827. The Morgan fingerprint density at radius 1 is 1.04 bits per heavy atom. The molecule has 0 saturated carbocycles. The molecule has 9 nitrogen and oxygen atoms in total. The standard InChI is InChI=1S/C19H23N3O6/c20-18(25)14-3-1-2-4-17(14)28-11-12(23)10-22-7-8-27-13-5-6-16(24)15(9-13)19(21)26/h1-6,9,12,22-24H,7-8,10-11H2,(H2,20,25)(H2,21,26). The number of benzene rings is 2. The minimum absolute atomic E-state index is 0.0158. The molecule has 0 aliphatic rings. The van der Waals surface area contributed by atoms with Crippen LogP contribution in [0.5, 0.6) is 17.2 Å². The van der Waals surface area contributed by atoms with Crippen LogP contribution in [0, 0.1) is 0 Å². The van der Waals surface area contributed by atoms with Gasteiger partial charge in [0.15, 0.2) is 0 Å². The number of ether oxygens (including phenoxy) is 2. The molecule has 0 aromatic heterocycles. The summed E-state index contributed by atoms with van der Waals surface area (Å²) in [5, 5.41) is 22.5. The minimum atomic E-state index is -0.809. The highest BCUT2D eigenvalue weighted by Crippen LogP contribution is 2.22. The summed E-state index contributed by atoms with van der Waals surface area (Å²) >= 11 is 0. The molecule has 2 rings (SSSR count). The lowest BCUT2D eigenvalue weighted by molar-refractivity contribution is 0.0961. The maximum atomic E-state index is 11.3. The van der Waals surface area contributed by atoms with Crippen molar-refractivity contribution in [2.24, 2.45) is 11.5 Å². The number of phenols is 1. The molecule has 0 aliphatic carbocycles. The van der Waals surface area contributed by atoms with E-state index in [9.17, 15) is 19.8 Å². The van der Waals surface area contributed by atoms with Gasteiger partial charge in [0, 0.05) is 13.1 Å². The number of aliphatic hydroxyl groups is 1. The van der Waals surface area contributed by atoms with E-state index in [-0.39, 0.29) is 36.6 Å². The first-order chi connectivity index (χ1) is 13.4. The van der Waals surface area contributed by atoms with E-state index in [1.54, 1.807) is 24.3 Å². The molecule has 2 aromatic carbocycles. The summed E-state index contributed by atoms with van der Waals surface area (Å²) < 4.78 is 10.9. The van der Waals surface area contributed by atoms with Crippen LogP contribution in [0.15, 0.2) is 42.5 Å². The fourth-order valence-corrected chi connectivity index (χ4v) is 2.35. The highest BCUT2D eigenvalue weighted by atomic mass is 16.5. The molecule has 0 aliphatic heterocycles. The smallest absolute Gasteiger partial charge is 0.252 e. The molecule has 0 saturated heterocycles. The van der Waals surface area contributed by atoms with Crippen molar-refractivity contribution in [1.29, 1.82) is 0 Å². The van der Waals surface area contributed by atoms with Crippen LogP contribution in [-0.2, 0) is 0 Å². The van der Waals surface area contributed by atoms with E-state index < -0.39 is 17.9 Å². The maximum Gasteiger partial charge on any atom is 0.252 e. The monoisotopic (exact) mass is 389 g/mol. The number of aromatic hydroxyl groups is 1. The fraction of sp³-hybridized carbons (Fsp3) is 0.263. The number of para-hydroxylation sites is 1. The number of rotatable bonds is 11. The topological polar surface area (TPSA) is 157 Å². The number of nitrogens with two attached hydrogens (primary N) is 2. The number of primary amides is 2. The molecule has 0 spiro atoms. The molecule has 0 fully saturated rings. The van der Waals surface area contributed by atoms with Crippen molar-refractivity contribution in [3.8, 4) is 17.2 Å². The molecular formula is C19H23N3O6. The molecule has 0 radical (unpaired) electrons. The predicted octanol–water partition coefficient (Wildman–Crippen LogP) is -0.00170. The van der Waals surface area contributed by atoms with Crippen molar-refractivity contribution < 1.29 is 29.3 Å². The summed E-state index contributed by atoms with van der Waals surface area (Å²) in [6.07, 6.45) is -0.809. The first-order valence-corrected chi connectivity index (χ1v) is 8.54. The third-order valence-corrected chi connectivity index (χ3v) is 3.74. The summed E-state index contributed by atoms with van der Waals surface area (Å²) in [5.74, 6) is -0.856. The van der Waals surface area contributed by atoms with Crippen molar-refractivity contribution in [3.63, 3.8) is 0 Å². The lowest BCUT2D eigenvalue weighted by Gasteiger charge is -2.15. The normalized spacial score (nSPS) is 11.6. The van der Waals surface area contributed by atoms with E-state index in [2.05, 4.69) is 5.32 Å². The van der Waals surface area contributed by atoms with E-state index in [0.29, 0.717) is 18.0 Å². The molecule has 2 aromatic rings. The summed E-state index contributed by atoms with van der Waals surface area (Å²) in [6, 6.07) is 10.7. The summed E-state index contributed by atoms with van der Waals surface area (Å²) in [6.45, 7) is 0.908. The average Bonchev–Trinajstić information content (AvgIpc) is 2.67. The molecule has 9 heteroatoms. The first-order valence-electron chi connectivity index (χ1n) is 8.54. The van der Waals surface area contributed by atoms with Crippen LogP contribution in [0.25, 0.3) is 0 Å². The molecular weight excluding hydrogens is 366 g/mol. The summed E-state index contributed by atoms with van der Waals surface area (Å²) in [4.78, 5) is 22.5. The zero-order valence-corrected chi connectivity index (χ0v) is 15.1. The second-order valence-electron chi connectivity index (χ2n) is 5.92. The number of hydrogen-bond donors (Lipinski definition) is 5. The summed E-state index contributed by atoms with van der Waals surface area (Å²) in [7, 11) is 0. The van der Waals surface area contributed by atoms with Gasteiger partial charge in [0.05, 0.1) is 11.1 Å². The largest absolute Gasteiger partial charge is 0.507 e. The van der Waals surface area contributed by atoms with Gasteiger partial charge in [-0.2, -0.15) is 0 Å². The van der Waals surface area contributed by atoms with Crippen LogP contribution in [0.1, 0.15) is 20.7 Å². The first kappa shape index (κ1) is 21.0. The molecule has 28 heavy (non-hydrogen) atoms. The Morgan fingerprint density at radius 3 is 2.46 bits per heavy atom. The Kier molecular flexibility index (Phi) is 7.61. The van der Waals surface area contributed by atoms with Crippen molar-refractivity contribution in [2.75, 3.05) is 26.3 Å². The highest BCUT2D eigenvalue weighted by Gasteiger charge is 2.11. The van der Waals surface area contributed by atoms with Crippen LogP contribution in [0.2, 0.25) is 0 Å². The lowest BCUT2D eigenvalue weighted by Crippen LogP contribution is -2.33. The van der Waals surface area contributed by atoms with Gasteiger partial charge in [-0.25, -0.2) is 0 Å². The predicted molar refractivity (Wildman–Crippen MR) is 101 cm³/mol. The van der Waals surface area contributed by atoms with Crippen LogP contribution in [0.3, 0.4) is 0 Å². The quantitative estimate of drug-likeness (QED) is 0.338. The highest BCUT2D eigenvalue weighted by molar-refractivity contribution is 5.96.